The first-order valence-corrected chi connectivity index (χ1v) is 7.07. The molecule has 16 heavy (non-hydrogen) atoms. The van der Waals surface area contributed by atoms with Crippen LogP contribution < -0.4 is 5.32 Å². The lowest BCUT2D eigenvalue weighted by Gasteiger charge is -2.32. The molecule has 1 aliphatic carbocycles. The van der Waals surface area contributed by atoms with Gasteiger partial charge in [0, 0.05) is 30.7 Å². The molecule has 94 valence electrons. The summed E-state index contributed by atoms with van der Waals surface area (Å²) < 4.78 is 0. The fourth-order valence-corrected chi connectivity index (χ4v) is 3.11. The minimum absolute atomic E-state index is 0.350. The normalized spacial score (nSPS) is 29.8. The van der Waals surface area contributed by atoms with Crippen LogP contribution in [0.2, 0.25) is 0 Å². The fourth-order valence-electron chi connectivity index (χ4n) is 3.11. The van der Waals surface area contributed by atoms with Crippen LogP contribution in [0.25, 0.3) is 0 Å². The zero-order valence-corrected chi connectivity index (χ0v) is 11.3. The van der Waals surface area contributed by atoms with Crippen molar-refractivity contribution in [3.8, 4) is 0 Å². The third-order valence-corrected chi connectivity index (χ3v) is 4.21. The summed E-state index contributed by atoms with van der Waals surface area (Å²) in [4.78, 5) is 2.62. The highest BCUT2D eigenvalue weighted by molar-refractivity contribution is 4.90. The number of hydrogen-bond donors (Lipinski definition) is 1. The van der Waals surface area contributed by atoms with Crippen LogP contribution in [-0.2, 0) is 0 Å². The Labute approximate surface area is 101 Å². The lowest BCUT2D eigenvalue weighted by Crippen LogP contribution is -2.44. The molecule has 1 atom stereocenters. The highest BCUT2D eigenvalue weighted by Crippen LogP contribution is 2.23. The van der Waals surface area contributed by atoms with Crippen molar-refractivity contribution in [1.82, 2.24) is 10.2 Å². The van der Waals surface area contributed by atoms with Gasteiger partial charge in [0.25, 0.3) is 0 Å². The van der Waals surface area contributed by atoms with Crippen molar-refractivity contribution in [2.75, 3.05) is 13.1 Å². The summed E-state index contributed by atoms with van der Waals surface area (Å²) >= 11 is 0. The van der Waals surface area contributed by atoms with Crippen molar-refractivity contribution in [2.45, 2.75) is 76.9 Å². The van der Waals surface area contributed by atoms with Gasteiger partial charge in [-0.25, -0.2) is 0 Å². The fraction of sp³-hybridized carbons (Fsp3) is 1.00. The minimum Gasteiger partial charge on any atom is -0.310 e. The van der Waals surface area contributed by atoms with E-state index in [1.807, 2.05) is 0 Å². The number of hydrogen-bond acceptors (Lipinski definition) is 2. The van der Waals surface area contributed by atoms with Crippen LogP contribution in [0, 0.1) is 0 Å². The number of nitrogens with zero attached hydrogens (tertiary/aromatic N) is 1. The molecule has 1 saturated heterocycles. The second kappa shape index (κ2) is 5.05. The molecule has 1 N–H and O–H groups in total. The van der Waals surface area contributed by atoms with Crippen LogP contribution >= 0.6 is 0 Å². The van der Waals surface area contributed by atoms with Crippen molar-refractivity contribution in [2.24, 2.45) is 0 Å². The molecular formula is C14H28N2. The Morgan fingerprint density at radius 3 is 2.19 bits per heavy atom. The number of nitrogens with one attached hydrogen (secondary N) is 1. The van der Waals surface area contributed by atoms with Gasteiger partial charge in [-0.3, -0.25) is 4.90 Å². The molecule has 0 aromatic heterocycles. The van der Waals surface area contributed by atoms with Gasteiger partial charge in [-0.15, -0.1) is 0 Å². The first kappa shape index (κ1) is 12.4. The Morgan fingerprint density at radius 2 is 1.62 bits per heavy atom. The van der Waals surface area contributed by atoms with Crippen LogP contribution in [0.3, 0.4) is 0 Å². The van der Waals surface area contributed by atoms with Crippen LogP contribution in [0.4, 0.5) is 0 Å². The molecule has 2 fully saturated rings. The average Bonchev–Trinajstić information content (AvgIpc) is 2.67. The Morgan fingerprint density at radius 1 is 0.938 bits per heavy atom. The van der Waals surface area contributed by atoms with Gasteiger partial charge in [0.2, 0.25) is 0 Å². The molecule has 0 bridgehead atoms. The third kappa shape index (κ3) is 3.21. The van der Waals surface area contributed by atoms with E-state index in [2.05, 4.69) is 31.0 Å². The topological polar surface area (TPSA) is 15.3 Å². The van der Waals surface area contributed by atoms with Crippen molar-refractivity contribution in [1.29, 1.82) is 0 Å². The molecule has 2 rings (SSSR count). The van der Waals surface area contributed by atoms with E-state index in [0.29, 0.717) is 5.54 Å². The SMILES string of the molecule is CC(C)(C)N1CC[C@H](NC2CCCCC2)C1. The summed E-state index contributed by atoms with van der Waals surface area (Å²) in [5, 5.41) is 3.88. The first-order valence-electron chi connectivity index (χ1n) is 7.07. The molecule has 2 heteroatoms. The van der Waals surface area contributed by atoms with Crippen LogP contribution in [0.15, 0.2) is 0 Å². The lowest BCUT2D eigenvalue weighted by molar-refractivity contribution is 0.168. The van der Waals surface area contributed by atoms with Gasteiger partial charge < -0.3 is 5.32 Å². The van der Waals surface area contributed by atoms with E-state index >= 15 is 0 Å². The largest absolute Gasteiger partial charge is 0.310 e. The van der Waals surface area contributed by atoms with E-state index in [4.69, 9.17) is 0 Å². The van der Waals surface area contributed by atoms with E-state index in [9.17, 15) is 0 Å². The van der Waals surface area contributed by atoms with Crippen LogP contribution in [0.5, 0.6) is 0 Å². The summed E-state index contributed by atoms with van der Waals surface area (Å²) in [6, 6.07) is 1.57. The van der Waals surface area contributed by atoms with E-state index in [1.54, 1.807) is 0 Å². The van der Waals surface area contributed by atoms with Gasteiger partial charge in [0.15, 0.2) is 0 Å². The minimum atomic E-state index is 0.350. The maximum atomic E-state index is 3.88. The maximum Gasteiger partial charge on any atom is 0.0209 e. The molecule has 1 heterocycles. The van der Waals surface area contributed by atoms with Gasteiger partial charge in [0.05, 0.1) is 0 Å². The van der Waals surface area contributed by atoms with E-state index in [-0.39, 0.29) is 0 Å². The number of rotatable bonds is 2. The highest BCUT2D eigenvalue weighted by atomic mass is 15.2. The standard InChI is InChI=1S/C14H28N2/c1-14(2,3)16-10-9-13(11-16)15-12-7-5-4-6-8-12/h12-13,15H,4-11H2,1-3H3/t13-/m0/s1. The maximum absolute atomic E-state index is 3.88. The summed E-state index contributed by atoms with van der Waals surface area (Å²) in [5.74, 6) is 0. The predicted octanol–water partition coefficient (Wildman–Crippen LogP) is 2.78. The molecule has 2 nitrogen and oxygen atoms in total. The van der Waals surface area contributed by atoms with Gasteiger partial charge in [-0.1, -0.05) is 19.3 Å². The summed E-state index contributed by atoms with van der Waals surface area (Å²) in [7, 11) is 0. The molecular weight excluding hydrogens is 196 g/mol. The summed E-state index contributed by atoms with van der Waals surface area (Å²) in [5.41, 5.74) is 0.350. The van der Waals surface area contributed by atoms with Crippen molar-refractivity contribution >= 4 is 0 Å². The van der Waals surface area contributed by atoms with Gasteiger partial charge in [-0.05, 0) is 40.0 Å². The van der Waals surface area contributed by atoms with Crippen LogP contribution in [-0.4, -0.2) is 35.6 Å². The van der Waals surface area contributed by atoms with Crippen molar-refractivity contribution in [3.05, 3.63) is 0 Å². The molecule has 1 saturated carbocycles. The van der Waals surface area contributed by atoms with Crippen LogP contribution in [0.1, 0.15) is 59.3 Å². The smallest absolute Gasteiger partial charge is 0.0209 e. The van der Waals surface area contributed by atoms with Crippen molar-refractivity contribution < 1.29 is 0 Å². The Kier molecular flexibility index (Phi) is 3.91. The average molecular weight is 224 g/mol. The highest BCUT2D eigenvalue weighted by Gasteiger charge is 2.31. The van der Waals surface area contributed by atoms with E-state index in [1.165, 1.54) is 51.6 Å². The lowest BCUT2D eigenvalue weighted by atomic mass is 9.95. The predicted molar refractivity (Wildman–Crippen MR) is 69.7 cm³/mol. The first-order chi connectivity index (χ1) is 7.55. The zero-order chi connectivity index (χ0) is 11.6. The number of likely N-dealkylation sites (tertiary alicyclic amines) is 1. The van der Waals surface area contributed by atoms with Gasteiger partial charge >= 0.3 is 0 Å². The monoisotopic (exact) mass is 224 g/mol. The Hall–Kier alpha value is -0.0800. The molecule has 0 aromatic rings. The zero-order valence-electron chi connectivity index (χ0n) is 11.3. The second-order valence-corrected chi connectivity index (χ2v) is 6.60. The molecule has 0 amide bonds. The summed E-state index contributed by atoms with van der Waals surface area (Å²) in [6.07, 6.45) is 8.49. The van der Waals surface area contributed by atoms with E-state index in [0.717, 1.165) is 12.1 Å². The molecule has 0 aromatic carbocycles. The van der Waals surface area contributed by atoms with Gasteiger partial charge in [-0.2, -0.15) is 0 Å². The molecule has 0 unspecified atom stereocenters. The molecule has 0 spiro atoms. The molecule has 1 aliphatic heterocycles. The van der Waals surface area contributed by atoms with Gasteiger partial charge in [0.1, 0.15) is 0 Å². The Bertz CT molecular complexity index is 213. The van der Waals surface area contributed by atoms with Crippen molar-refractivity contribution in [3.63, 3.8) is 0 Å². The molecule has 0 radical (unpaired) electrons. The molecule has 2 aliphatic rings. The summed E-state index contributed by atoms with van der Waals surface area (Å²) in [6.45, 7) is 9.51. The quantitative estimate of drug-likeness (QED) is 0.776. The van der Waals surface area contributed by atoms with E-state index < -0.39 is 0 Å². The Balaban J connectivity index is 1.76. The third-order valence-electron chi connectivity index (χ3n) is 4.21. The second-order valence-electron chi connectivity index (χ2n) is 6.60.